The summed E-state index contributed by atoms with van der Waals surface area (Å²) in [4.78, 5) is 16.2. The fourth-order valence-corrected chi connectivity index (χ4v) is 2.07. The Morgan fingerprint density at radius 2 is 1.95 bits per heavy atom. The Hall–Kier alpha value is -1.36. The number of benzene rings is 1. The van der Waals surface area contributed by atoms with E-state index < -0.39 is 0 Å². The number of amides is 1. The standard InChI is InChI=1S/C15H19N3O.2ClH/c1-11(9-16-2)15(19)18-10-13-6-3-5-12-7-4-8-17-14(12)13;;/h3-8,11,16H,9-10H2,1-2H3,(H,18,19);2*1H. The summed E-state index contributed by atoms with van der Waals surface area (Å²) in [5, 5.41) is 7.05. The number of nitrogens with one attached hydrogen (secondary N) is 2. The van der Waals surface area contributed by atoms with Gasteiger partial charge in [0.25, 0.3) is 0 Å². The highest BCUT2D eigenvalue weighted by Gasteiger charge is 2.11. The van der Waals surface area contributed by atoms with Crippen molar-refractivity contribution in [1.29, 1.82) is 0 Å². The molecule has 4 nitrogen and oxygen atoms in total. The lowest BCUT2D eigenvalue weighted by Crippen LogP contribution is -2.33. The van der Waals surface area contributed by atoms with Gasteiger partial charge in [0.1, 0.15) is 0 Å². The average Bonchev–Trinajstić information content (AvgIpc) is 2.45. The van der Waals surface area contributed by atoms with Gasteiger partial charge < -0.3 is 10.6 Å². The lowest BCUT2D eigenvalue weighted by atomic mass is 10.1. The summed E-state index contributed by atoms with van der Waals surface area (Å²) in [6.07, 6.45) is 1.78. The lowest BCUT2D eigenvalue weighted by Gasteiger charge is -2.12. The van der Waals surface area contributed by atoms with Gasteiger partial charge in [0.15, 0.2) is 0 Å². The summed E-state index contributed by atoms with van der Waals surface area (Å²) in [5.41, 5.74) is 2.00. The fourth-order valence-electron chi connectivity index (χ4n) is 2.07. The van der Waals surface area contributed by atoms with E-state index in [2.05, 4.69) is 15.6 Å². The van der Waals surface area contributed by atoms with Crippen molar-refractivity contribution in [3.05, 3.63) is 42.1 Å². The maximum Gasteiger partial charge on any atom is 0.224 e. The van der Waals surface area contributed by atoms with Crippen LogP contribution in [0.25, 0.3) is 10.9 Å². The topological polar surface area (TPSA) is 54.0 Å². The lowest BCUT2D eigenvalue weighted by molar-refractivity contribution is -0.124. The SMILES string of the molecule is CNCC(C)C(=O)NCc1cccc2cccnc12.Cl.Cl. The number of fused-ring (bicyclic) bond motifs is 1. The first-order chi connectivity index (χ1) is 9.22. The van der Waals surface area contributed by atoms with Crippen molar-refractivity contribution in [3.63, 3.8) is 0 Å². The predicted octanol–water partition coefficient (Wildman–Crippen LogP) is 2.55. The number of nitrogens with zero attached hydrogens (tertiary/aromatic N) is 1. The second-order valence-electron chi connectivity index (χ2n) is 4.67. The van der Waals surface area contributed by atoms with Crippen LogP contribution in [0.5, 0.6) is 0 Å². The van der Waals surface area contributed by atoms with E-state index >= 15 is 0 Å². The number of carbonyl (C=O) groups excluding carboxylic acids is 1. The van der Waals surface area contributed by atoms with Crippen molar-refractivity contribution >= 4 is 41.6 Å². The second kappa shape index (κ2) is 9.55. The Balaban J connectivity index is 0.00000200. The quantitative estimate of drug-likeness (QED) is 0.886. The van der Waals surface area contributed by atoms with Crippen molar-refractivity contribution in [2.24, 2.45) is 5.92 Å². The smallest absolute Gasteiger partial charge is 0.224 e. The molecule has 6 heteroatoms. The number of hydrogen-bond donors (Lipinski definition) is 2. The average molecular weight is 330 g/mol. The third kappa shape index (κ3) is 5.16. The van der Waals surface area contributed by atoms with Crippen molar-refractivity contribution in [1.82, 2.24) is 15.6 Å². The second-order valence-corrected chi connectivity index (χ2v) is 4.67. The molecule has 0 radical (unpaired) electrons. The van der Waals surface area contributed by atoms with Gasteiger partial charge in [0, 0.05) is 30.6 Å². The Morgan fingerprint density at radius 1 is 1.24 bits per heavy atom. The molecule has 0 aliphatic rings. The normalized spacial score (nSPS) is 11.1. The van der Waals surface area contributed by atoms with E-state index in [1.807, 2.05) is 44.3 Å². The van der Waals surface area contributed by atoms with E-state index in [0.717, 1.165) is 16.5 Å². The van der Waals surface area contributed by atoms with Crippen LogP contribution in [0.3, 0.4) is 0 Å². The van der Waals surface area contributed by atoms with Crippen LogP contribution in [0.15, 0.2) is 36.5 Å². The molecule has 0 saturated carbocycles. The zero-order chi connectivity index (χ0) is 13.7. The number of carbonyl (C=O) groups is 1. The number of rotatable bonds is 5. The molecular formula is C15H21Cl2N3O. The predicted molar refractivity (Wildman–Crippen MR) is 91.2 cm³/mol. The Labute approximate surface area is 137 Å². The zero-order valence-corrected chi connectivity index (χ0v) is 13.8. The Kier molecular flexibility index (Phi) is 8.93. The van der Waals surface area contributed by atoms with Gasteiger partial charge in [-0.25, -0.2) is 0 Å². The summed E-state index contributed by atoms with van der Waals surface area (Å²) in [6, 6.07) is 9.95. The molecule has 0 aliphatic heterocycles. The molecule has 1 heterocycles. The van der Waals surface area contributed by atoms with Crippen LogP contribution >= 0.6 is 24.8 Å². The highest BCUT2D eigenvalue weighted by atomic mass is 35.5. The summed E-state index contributed by atoms with van der Waals surface area (Å²) < 4.78 is 0. The number of halogens is 2. The van der Waals surface area contributed by atoms with Gasteiger partial charge in [0.05, 0.1) is 5.52 Å². The van der Waals surface area contributed by atoms with Crippen molar-refractivity contribution in [2.75, 3.05) is 13.6 Å². The molecule has 0 spiro atoms. The third-order valence-corrected chi connectivity index (χ3v) is 3.13. The molecule has 1 atom stereocenters. The molecule has 0 saturated heterocycles. The van der Waals surface area contributed by atoms with Crippen molar-refractivity contribution < 1.29 is 4.79 Å². The van der Waals surface area contributed by atoms with E-state index in [9.17, 15) is 4.79 Å². The summed E-state index contributed by atoms with van der Waals surface area (Å²) in [7, 11) is 1.85. The molecule has 2 N–H and O–H groups in total. The highest BCUT2D eigenvalue weighted by Crippen LogP contribution is 2.15. The zero-order valence-electron chi connectivity index (χ0n) is 12.1. The molecule has 0 bridgehead atoms. The van der Waals surface area contributed by atoms with Crippen molar-refractivity contribution in [3.8, 4) is 0 Å². The van der Waals surface area contributed by atoms with Gasteiger partial charge in [-0.05, 0) is 18.7 Å². The minimum absolute atomic E-state index is 0. The molecule has 2 rings (SSSR count). The molecule has 1 amide bonds. The van der Waals surface area contributed by atoms with Crippen LogP contribution in [0.4, 0.5) is 0 Å². The van der Waals surface area contributed by atoms with E-state index in [0.29, 0.717) is 13.1 Å². The van der Waals surface area contributed by atoms with Gasteiger partial charge in [-0.2, -0.15) is 0 Å². The molecule has 0 fully saturated rings. The fraction of sp³-hybridized carbons (Fsp3) is 0.333. The first-order valence-corrected chi connectivity index (χ1v) is 6.47. The molecule has 0 aliphatic carbocycles. The number of aromatic nitrogens is 1. The molecule has 2 aromatic rings. The van der Waals surface area contributed by atoms with Gasteiger partial charge in [-0.3, -0.25) is 9.78 Å². The summed E-state index contributed by atoms with van der Waals surface area (Å²) >= 11 is 0. The third-order valence-electron chi connectivity index (χ3n) is 3.13. The number of para-hydroxylation sites is 1. The van der Waals surface area contributed by atoms with Crippen LogP contribution in [-0.2, 0) is 11.3 Å². The van der Waals surface area contributed by atoms with Crippen LogP contribution in [0.1, 0.15) is 12.5 Å². The first kappa shape index (κ1) is 19.6. The van der Waals surface area contributed by atoms with Gasteiger partial charge in [0.2, 0.25) is 5.91 Å². The monoisotopic (exact) mass is 329 g/mol. The molecule has 21 heavy (non-hydrogen) atoms. The first-order valence-electron chi connectivity index (χ1n) is 6.47. The molecule has 1 unspecified atom stereocenters. The Bertz CT molecular complexity index is 572. The van der Waals surface area contributed by atoms with Gasteiger partial charge in [-0.15, -0.1) is 24.8 Å². The van der Waals surface area contributed by atoms with Crippen LogP contribution in [-0.4, -0.2) is 24.5 Å². The Morgan fingerprint density at radius 3 is 2.67 bits per heavy atom. The van der Waals surface area contributed by atoms with E-state index in [1.165, 1.54) is 0 Å². The van der Waals surface area contributed by atoms with E-state index in [4.69, 9.17) is 0 Å². The summed E-state index contributed by atoms with van der Waals surface area (Å²) in [6.45, 7) is 3.11. The van der Waals surface area contributed by atoms with Crippen LogP contribution < -0.4 is 10.6 Å². The molecular weight excluding hydrogens is 309 g/mol. The van der Waals surface area contributed by atoms with Crippen LogP contribution in [0, 0.1) is 5.92 Å². The maximum absolute atomic E-state index is 11.9. The molecule has 1 aromatic carbocycles. The number of pyridine rings is 1. The molecule has 1 aromatic heterocycles. The van der Waals surface area contributed by atoms with Crippen LogP contribution in [0.2, 0.25) is 0 Å². The van der Waals surface area contributed by atoms with E-state index in [-0.39, 0.29) is 36.6 Å². The van der Waals surface area contributed by atoms with Gasteiger partial charge >= 0.3 is 0 Å². The highest BCUT2D eigenvalue weighted by molar-refractivity contribution is 5.85. The minimum atomic E-state index is -0.0343. The maximum atomic E-state index is 11.9. The molecule has 116 valence electrons. The van der Waals surface area contributed by atoms with Crippen molar-refractivity contribution in [2.45, 2.75) is 13.5 Å². The van der Waals surface area contributed by atoms with Gasteiger partial charge in [-0.1, -0.05) is 31.2 Å². The largest absolute Gasteiger partial charge is 0.352 e. The minimum Gasteiger partial charge on any atom is -0.352 e. The number of hydrogen-bond acceptors (Lipinski definition) is 3. The van der Waals surface area contributed by atoms with E-state index in [1.54, 1.807) is 6.20 Å². The summed E-state index contributed by atoms with van der Waals surface area (Å²) in [5.74, 6) is 0.0234.